The van der Waals surface area contributed by atoms with Gasteiger partial charge in [0.2, 0.25) is 6.79 Å². The van der Waals surface area contributed by atoms with Gasteiger partial charge in [-0.15, -0.1) is 0 Å². The topological polar surface area (TPSA) is 68.2 Å². The molecule has 2 aliphatic rings. The van der Waals surface area contributed by atoms with E-state index in [0.29, 0.717) is 48.8 Å². The largest absolute Gasteiger partial charge is 0.504 e. The summed E-state index contributed by atoms with van der Waals surface area (Å²) < 4.78 is 17.2. The molecule has 1 saturated heterocycles. The molecule has 0 aromatic heterocycles. The fraction of sp³-hybridized carbons (Fsp3) is 0.158. The van der Waals surface area contributed by atoms with Crippen molar-refractivity contribution in [1.82, 2.24) is 0 Å². The Morgan fingerprint density at radius 2 is 2.11 bits per heavy atom. The Kier molecular flexibility index (Phi) is 5.22. The number of phenolic OH excluding ortho intramolecular Hbond substituents is 1. The van der Waals surface area contributed by atoms with Gasteiger partial charge in [-0.3, -0.25) is 9.69 Å². The maximum absolute atomic E-state index is 13.0. The normalized spacial score (nSPS) is 16.9. The molecule has 4 rings (SSSR count). The lowest BCUT2D eigenvalue weighted by molar-refractivity contribution is -0.113. The predicted octanol–water partition coefficient (Wildman–Crippen LogP) is 4.69. The third-order valence-corrected chi connectivity index (χ3v) is 6.06. The van der Waals surface area contributed by atoms with E-state index in [-0.39, 0.29) is 18.4 Å². The van der Waals surface area contributed by atoms with E-state index in [1.807, 2.05) is 6.92 Å². The zero-order chi connectivity index (χ0) is 19.8. The Morgan fingerprint density at radius 1 is 1.32 bits per heavy atom. The molecule has 0 aliphatic carbocycles. The summed E-state index contributed by atoms with van der Waals surface area (Å²) in [5.41, 5.74) is 1.32. The van der Waals surface area contributed by atoms with E-state index in [0.717, 1.165) is 0 Å². The van der Waals surface area contributed by atoms with Gasteiger partial charge in [-0.25, -0.2) is 0 Å². The highest BCUT2D eigenvalue weighted by Crippen LogP contribution is 2.42. The van der Waals surface area contributed by atoms with Crippen LogP contribution in [-0.4, -0.2) is 28.7 Å². The standard InChI is InChI=1S/C19H14BrNO5S2/c1-2-24-15-5-10(12(20)8-13(15)22)6-17-18(23)21(19(27)28-17)11-3-4-14-16(7-11)26-9-25-14/h3-8,22H,2,9H2,1H3. The molecule has 0 radical (unpaired) electrons. The highest BCUT2D eigenvalue weighted by molar-refractivity contribution is 9.10. The number of benzene rings is 2. The summed E-state index contributed by atoms with van der Waals surface area (Å²) >= 11 is 10.0. The monoisotopic (exact) mass is 479 g/mol. The number of aromatic hydroxyl groups is 1. The fourth-order valence-electron chi connectivity index (χ4n) is 2.80. The van der Waals surface area contributed by atoms with Crippen LogP contribution in [0.1, 0.15) is 12.5 Å². The maximum Gasteiger partial charge on any atom is 0.270 e. The number of thioether (sulfide) groups is 1. The molecule has 2 aromatic carbocycles. The van der Waals surface area contributed by atoms with Crippen LogP contribution in [0, 0.1) is 0 Å². The van der Waals surface area contributed by atoms with Gasteiger partial charge in [-0.05, 0) is 42.8 Å². The number of carbonyl (C=O) groups excluding carboxylic acids is 1. The number of nitrogens with zero attached hydrogens (tertiary/aromatic N) is 1. The summed E-state index contributed by atoms with van der Waals surface area (Å²) in [6.45, 7) is 2.41. The Morgan fingerprint density at radius 3 is 2.89 bits per heavy atom. The summed E-state index contributed by atoms with van der Waals surface area (Å²) in [4.78, 5) is 14.9. The summed E-state index contributed by atoms with van der Waals surface area (Å²) in [5, 5.41) is 9.97. The smallest absolute Gasteiger partial charge is 0.270 e. The Hall–Kier alpha value is -2.23. The van der Waals surface area contributed by atoms with Crippen molar-refractivity contribution in [2.75, 3.05) is 18.3 Å². The zero-order valence-corrected chi connectivity index (χ0v) is 17.8. The first-order chi connectivity index (χ1) is 13.5. The molecule has 28 heavy (non-hydrogen) atoms. The minimum atomic E-state index is -0.230. The van der Waals surface area contributed by atoms with E-state index in [2.05, 4.69) is 15.9 Å². The van der Waals surface area contributed by atoms with Crippen LogP contribution >= 0.6 is 39.9 Å². The third-order valence-electron chi connectivity index (χ3n) is 4.07. The molecule has 0 unspecified atom stereocenters. The van der Waals surface area contributed by atoms with E-state index >= 15 is 0 Å². The quantitative estimate of drug-likeness (QED) is 0.503. The molecule has 0 atom stereocenters. The lowest BCUT2D eigenvalue weighted by Crippen LogP contribution is -2.27. The lowest BCUT2D eigenvalue weighted by atomic mass is 10.1. The molecular weight excluding hydrogens is 466 g/mol. The average Bonchev–Trinajstić information content (AvgIpc) is 3.23. The molecule has 9 heteroatoms. The number of phenols is 1. The third kappa shape index (κ3) is 3.45. The van der Waals surface area contributed by atoms with Crippen LogP contribution in [-0.2, 0) is 4.79 Å². The molecule has 2 heterocycles. The van der Waals surface area contributed by atoms with Gasteiger partial charge in [0.1, 0.15) is 0 Å². The van der Waals surface area contributed by atoms with E-state index in [4.69, 9.17) is 26.4 Å². The SMILES string of the molecule is CCOc1cc(C=C2SC(=S)N(c3ccc4c(c3)OCO4)C2=O)c(Br)cc1O. The maximum atomic E-state index is 13.0. The summed E-state index contributed by atoms with van der Waals surface area (Å²) in [7, 11) is 0. The van der Waals surface area contributed by atoms with Crippen LogP contribution in [0.25, 0.3) is 6.08 Å². The van der Waals surface area contributed by atoms with Crippen molar-refractivity contribution >= 4 is 61.9 Å². The van der Waals surface area contributed by atoms with Crippen LogP contribution in [0.2, 0.25) is 0 Å². The number of amides is 1. The van der Waals surface area contributed by atoms with Crippen molar-refractivity contribution in [2.45, 2.75) is 6.92 Å². The molecule has 144 valence electrons. The van der Waals surface area contributed by atoms with Crippen molar-refractivity contribution in [1.29, 1.82) is 0 Å². The highest BCUT2D eigenvalue weighted by atomic mass is 79.9. The van der Waals surface area contributed by atoms with E-state index < -0.39 is 0 Å². The minimum absolute atomic E-state index is 0.0267. The Labute approximate surface area is 179 Å². The number of fused-ring (bicyclic) bond motifs is 1. The van der Waals surface area contributed by atoms with Gasteiger partial charge < -0.3 is 19.3 Å². The summed E-state index contributed by atoms with van der Waals surface area (Å²) in [6.07, 6.45) is 1.72. The average molecular weight is 480 g/mol. The van der Waals surface area contributed by atoms with Crippen molar-refractivity contribution in [2.24, 2.45) is 0 Å². The summed E-state index contributed by atoms with van der Waals surface area (Å²) in [5.74, 6) is 1.37. The van der Waals surface area contributed by atoms with Crippen molar-refractivity contribution in [3.05, 3.63) is 45.3 Å². The molecule has 2 aliphatic heterocycles. The number of carbonyl (C=O) groups is 1. The van der Waals surface area contributed by atoms with Crippen molar-refractivity contribution in [3.63, 3.8) is 0 Å². The van der Waals surface area contributed by atoms with Gasteiger partial charge in [0.25, 0.3) is 5.91 Å². The summed E-state index contributed by atoms with van der Waals surface area (Å²) in [6, 6.07) is 8.47. The number of ether oxygens (including phenoxy) is 3. The Bertz CT molecular complexity index is 1020. The molecule has 2 aromatic rings. The zero-order valence-electron chi connectivity index (χ0n) is 14.6. The van der Waals surface area contributed by atoms with Gasteiger partial charge in [-0.1, -0.05) is 39.9 Å². The van der Waals surface area contributed by atoms with Crippen LogP contribution < -0.4 is 19.1 Å². The number of hydrogen-bond donors (Lipinski definition) is 1. The number of thiocarbonyl (C=S) groups is 1. The molecule has 1 amide bonds. The van der Waals surface area contributed by atoms with Crippen molar-refractivity contribution < 1.29 is 24.1 Å². The van der Waals surface area contributed by atoms with E-state index in [9.17, 15) is 9.90 Å². The molecule has 0 bridgehead atoms. The molecule has 1 fully saturated rings. The lowest BCUT2D eigenvalue weighted by Gasteiger charge is -2.14. The van der Waals surface area contributed by atoms with Crippen LogP contribution in [0.15, 0.2) is 39.7 Å². The minimum Gasteiger partial charge on any atom is -0.504 e. The van der Waals surface area contributed by atoms with Gasteiger partial charge in [-0.2, -0.15) is 0 Å². The molecule has 1 N–H and O–H groups in total. The molecular formula is C19H14BrNO5S2. The predicted molar refractivity (Wildman–Crippen MR) is 115 cm³/mol. The van der Waals surface area contributed by atoms with Gasteiger partial charge in [0, 0.05) is 10.5 Å². The van der Waals surface area contributed by atoms with E-state index in [1.54, 1.807) is 30.3 Å². The molecule has 0 spiro atoms. The first-order valence-corrected chi connectivity index (χ1v) is 10.3. The number of hydrogen-bond acceptors (Lipinski definition) is 7. The van der Waals surface area contributed by atoms with Crippen molar-refractivity contribution in [3.8, 4) is 23.0 Å². The number of rotatable bonds is 4. The second-order valence-electron chi connectivity index (χ2n) is 5.83. The highest BCUT2D eigenvalue weighted by Gasteiger charge is 2.34. The van der Waals surface area contributed by atoms with Crippen LogP contribution in [0.5, 0.6) is 23.0 Å². The first-order valence-electron chi connectivity index (χ1n) is 8.31. The second kappa shape index (κ2) is 7.65. The van der Waals surface area contributed by atoms with Gasteiger partial charge in [0.15, 0.2) is 27.3 Å². The van der Waals surface area contributed by atoms with Gasteiger partial charge in [0.05, 0.1) is 17.2 Å². The number of anilines is 1. The second-order valence-corrected chi connectivity index (χ2v) is 8.36. The van der Waals surface area contributed by atoms with E-state index in [1.165, 1.54) is 22.7 Å². The Balaban J connectivity index is 1.67. The number of halogens is 1. The van der Waals surface area contributed by atoms with Gasteiger partial charge >= 0.3 is 0 Å². The van der Waals surface area contributed by atoms with Crippen LogP contribution in [0.3, 0.4) is 0 Å². The fourth-order valence-corrected chi connectivity index (χ4v) is 4.53. The van der Waals surface area contributed by atoms with Crippen LogP contribution in [0.4, 0.5) is 5.69 Å². The molecule has 6 nitrogen and oxygen atoms in total. The molecule has 0 saturated carbocycles. The first kappa shape index (κ1) is 19.1.